The van der Waals surface area contributed by atoms with Gasteiger partial charge in [-0.2, -0.15) is 0 Å². The van der Waals surface area contributed by atoms with Gasteiger partial charge in [-0.1, -0.05) is 49.3 Å². The predicted molar refractivity (Wildman–Crippen MR) is 64.4 cm³/mol. The molecule has 4 heteroatoms. The third kappa shape index (κ3) is 4.03. The highest BCUT2D eigenvalue weighted by Crippen LogP contribution is 2.05. The largest absolute Gasteiger partial charge is 0.391 e. The highest BCUT2D eigenvalue weighted by Gasteiger charge is 2.13. The molecule has 0 N–H and O–H groups in total. The second kappa shape index (κ2) is 6.28. The van der Waals surface area contributed by atoms with E-state index in [0.29, 0.717) is 6.61 Å². The van der Waals surface area contributed by atoms with Gasteiger partial charge in [-0.15, -0.1) is 0 Å². The summed E-state index contributed by atoms with van der Waals surface area (Å²) in [4.78, 5) is 16.1. The van der Waals surface area contributed by atoms with Gasteiger partial charge in [-0.05, 0) is 17.2 Å². The summed E-state index contributed by atoms with van der Waals surface area (Å²) in [6.07, 6.45) is 0. The molecule has 3 nitrogen and oxygen atoms in total. The molecule has 0 spiro atoms. The number of carbonyl (C=O) groups excluding carboxylic acids is 1. The smallest absolute Gasteiger partial charge is 0.270 e. The van der Waals surface area contributed by atoms with Crippen LogP contribution in [0.25, 0.3) is 0 Å². The third-order valence-electron chi connectivity index (χ3n) is 1.99. The van der Waals surface area contributed by atoms with E-state index in [1.54, 1.807) is 0 Å². The van der Waals surface area contributed by atoms with Crippen LogP contribution in [-0.2, 0) is 16.2 Å². The Balaban J connectivity index is 2.56. The highest BCUT2D eigenvalue weighted by molar-refractivity contribution is 6.82. The molecule has 1 aromatic carbocycles. The molecule has 16 heavy (non-hydrogen) atoms. The van der Waals surface area contributed by atoms with Gasteiger partial charge < -0.3 is 4.84 Å². The number of halogens is 1. The van der Waals surface area contributed by atoms with Crippen LogP contribution in [0.3, 0.4) is 0 Å². The van der Waals surface area contributed by atoms with Crippen molar-refractivity contribution in [3.63, 3.8) is 0 Å². The SMILES string of the molecule is CC(C)/C(=N/OCc1ccccc1)C(=O)Cl. The molecule has 0 aliphatic carbocycles. The lowest BCUT2D eigenvalue weighted by Gasteiger charge is -2.05. The number of benzene rings is 1. The second-order valence-electron chi connectivity index (χ2n) is 3.66. The Hall–Kier alpha value is -1.35. The van der Waals surface area contributed by atoms with Crippen molar-refractivity contribution in [3.05, 3.63) is 35.9 Å². The molecular weight excluding hydrogens is 226 g/mol. The molecule has 0 heterocycles. The molecule has 0 aliphatic rings. The first-order chi connectivity index (χ1) is 7.61. The molecular formula is C12H14ClNO2. The first-order valence-electron chi connectivity index (χ1n) is 5.05. The molecule has 0 amide bonds. The fourth-order valence-electron chi connectivity index (χ4n) is 1.12. The van der Waals surface area contributed by atoms with Crippen LogP contribution in [0.15, 0.2) is 35.5 Å². The van der Waals surface area contributed by atoms with Crippen LogP contribution in [0, 0.1) is 5.92 Å². The van der Waals surface area contributed by atoms with Crippen molar-refractivity contribution in [1.82, 2.24) is 0 Å². The maximum absolute atomic E-state index is 11.0. The van der Waals surface area contributed by atoms with Gasteiger partial charge >= 0.3 is 0 Å². The number of hydrogen-bond acceptors (Lipinski definition) is 3. The number of oxime groups is 1. The lowest BCUT2D eigenvalue weighted by molar-refractivity contribution is -0.106. The molecule has 1 aromatic rings. The van der Waals surface area contributed by atoms with Crippen molar-refractivity contribution in [2.75, 3.05) is 0 Å². The van der Waals surface area contributed by atoms with Crippen molar-refractivity contribution in [2.45, 2.75) is 20.5 Å². The van der Waals surface area contributed by atoms with E-state index in [0.717, 1.165) is 5.56 Å². The first kappa shape index (κ1) is 12.7. The van der Waals surface area contributed by atoms with Crippen LogP contribution in [0.4, 0.5) is 0 Å². The Morgan fingerprint density at radius 2 is 2.00 bits per heavy atom. The van der Waals surface area contributed by atoms with E-state index in [4.69, 9.17) is 16.4 Å². The number of rotatable bonds is 5. The summed E-state index contributed by atoms with van der Waals surface area (Å²) in [5, 5.41) is 3.19. The molecule has 0 atom stereocenters. The van der Waals surface area contributed by atoms with Crippen molar-refractivity contribution in [1.29, 1.82) is 0 Å². The summed E-state index contributed by atoms with van der Waals surface area (Å²) in [6.45, 7) is 4.01. The zero-order valence-electron chi connectivity index (χ0n) is 9.31. The summed E-state index contributed by atoms with van der Waals surface area (Å²) in [7, 11) is 0. The number of carbonyl (C=O) groups is 1. The van der Waals surface area contributed by atoms with Gasteiger partial charge in [0, 0.05) is 5.92 Å². The summed E-state index contributed by atoms with van der Waals surface area (Å²) in [6, 6.07) is 9.60. The molecule has 0 saturated carbocycles. The minimum absolute atomic E-state index is 0.0410. The maximum Gasteiger partial charge on any atom is 0.270 e. The average Bonchev–Trinajstić information content (AvgIpc) is 2.24. The van der Waals surface area contributed by atoms with Crippen LogP contribution < -0.4 is 0 Å². The highest BCUT2D eigenvalue weighted by atomic mass is 35.5. The monoisotopic (exact) mass is 239 g/mol. The van der Waals surface area contributed by atoms with E-state index in [9.17, 15) is 4.79 Å². The third-order valence-corrected chi connectivity index (χ3v) is 2.18. The molecule has 0 unspecified atom stereocenters. The van der Waals surface area contributed by atoms with Gasteiger partial charge in [0.25, 0.3) is 5.24 Å². The zero-order chi connectivity index (χ0) is 12.0. The fourth-order valence-corrected chi connectivity index (χ4v) is 1.37. The molecule has 0 aliphatic heterocycles. The Morgan fingerprint density at radius 1 is 1.38 bits per heavy atom. The second-order valence-corrected chi connectivity index (χ2v) is 4.01. The van der Waals surface area contributed by atoms with E-state index < -0.39 is 5.24 Å². The summed E-state index contributed by atoms with van der Waals surface area (Å²) >= 11 is 5.37. The molecule has 0 radical (unpaired) electrons. The van der Waals surface area contributed by atoms with Crippen LogP contribution in [-0.4, -0.2) is 11.0 Å². The van der Waals surface area contributed by atoms with E-state index in [1.807, 2.05) is 44.2 Å². The van der Waals surface area contributed by atoms with Gasteiger partial charge in [-0.25, -0.2) is 0 Å². The molecule has 0 bridgehead atoms. The Labute approximate surface area is 100 Å². The summed E-state index contributed by atoms with van der Waals surface area (Å²) in [5.41, 5.74) is 1.24. The lowest BCUT2D eigenvalue weighted by atomic mass is 10.1. The predicted octanol–water partition coefficient (Wildman–Crippen LogP) is 2.98. The van der Waals surface area contributed by atoms with Crippen LogP contribution in [0.2, 0.25) is 0 Å². The van der Waals surface area contributed by atoms with Gasteiger partial charge in [0.2, 0.25) is 0 Å². The van der Waals surface area contributed by atoms with Crippen molar-refractivity contribution < 1.29 is 9.63 Å². The maximum atomic E-state index is 11.0. The molecule has 0 fully saturated rings. The van der Waals surface area contributed by atoms with Crippen molar-refractivity contribution in [3.8, 4) is 0 Å². The zero-order valence-corrected chi connectivity index (χ0v) is 10.1. The Kier molecular flexibility index (Phi) is 4.99. The quantitative estimate of drug-likeness (QED) is 0.450. The van der Waals surface area contributed by atoms with Gasteiger partial charge in [-0.3, -0.25) is 4.79 Å². The van der Waals surface area contributed by atoms with Crippen LogP contribution in [0.5, 0.6) is 0 Å². The summed E-state index contributed by atoms with van der Waals surface area (Å²) < 4.78 is 0. The minimum Gasteiger partial charge on any atom is -0.391 e. The Bertz CT molecular complexity index is 374. The first-order valence-corrected chi connectivity index (χ1v) is 5.42. The Morgan fingerprint density at radius 3 is 2.50 bits per heavy atom. The van der Waals surface area contributed by atoms with Crippen LogP contribution >= 0.6 is 11.6 Å². The van der Waals surface area contributed by atoms with Gasteiger partial charge in [0.05, 0.1) is 0 Å². The molecule has 86 valence electrons. The topological polar surface area (TPSA) is 38.7 Å². The molecule has 0 aromatic heterocycles. The fraction of sp³-hybridized carbons (Fsp3) is 0.333. The standard InChI is InChI=1S/C12H14ClNO2/c1-9(2)11(12(13)15)14-16-8-10-6-4-3-5-7-10/h3-7,9H,8H2,1-2H3/b14-11-. The number of nitrogens with zero attached hydrogens (tertiary/aromatic N) is 1. The summed E-state index contributed by atoms with van der Waals surface area (Å²) in [5.74, 6) is -0.0410. The van der Waals surface area contributed by atoms with Gasteiger partial charge in [0.15, 0.2) is 0 Å². The van der Waals surface area contributed by atoms with Gasteiger partial charge in [0.1, 0.15) is 12.3 Å². The normalized spacial score (nSPS) is 11.6. The van der Waals surface area contributed by atoms with Crippen molar-refractivity contribution in [2.24, 2.45) is 11.1 Å². The average molecular weight is 240 g/mol. The van der Waals surface area contributed by atoms with E-state index in [1.165, 1.54) is 0 Å². The molecule has 1 rings (SSSR count). The minimum atomic E-state index is -0.567. The van der Waals surface area contributed by atoms with E-state index in [-0.39, 0.29) is 11.6 Å². The molecule has 0 saturated heterocycles. The number of hydrogen-bond donors (Lipinski definition) is 0. The lowest BCUT2D eigenvalue weighted by Crippen LogP contribution is -2.15. The van der Waals surface area contributed by atoms with Crippen molar-refractivity contribution >= 4 is 22.6 Å². The van der Waals surface area contributed by atoms with E-state index in [2.05, 4.69) is 5.16 Å². The van der Waals surface area contributed by atoms with Crippen LogP contribution in [0.1, 0.15) is 19.4 Å². The van der Waals surface area contributed by atoms with E-state index >= 15 is 0 Å².